The Hall–Kier alpha value is -1.98. The van der Waals surface area contributed by atoms with Crippen molar-refractivity contribution in [2.45, 2.75) is 51.7 Å². The molecule has 0 aromatic carbocycles. The van der Waals surface area contributed by atoms with Crippen LogP contribution >= 0.6 is 0 Å². The zero-order valence-electron chi connectivity index (χ0n) is 13.5. The molecule has 6 nitrogen and oxygen atoms in total. The van der Waals surface area contributed by atoms with E-state index in [9.17, 15) is 9.90 Å². The van der Waals surface area contributed by atoms with E-state index >= 15 is 0 Å². The van der Waals surface area contributed by atoms with Crippen molar-refractivity contribution < 1.29 is 14.6 Å². The normalized spacial score (nSPS) is 18.9. The van der Waals surface area contributed by atoms with Crippen molar-refractivity contribution in [2.24, 2.45) is 0 Å². The summed E-state index contributed by atoms with van der Waals surface area (Å²) in [5, 5.41) is 12.8. The maximum Gasteiger partial charge on any atom is 0.407 e. The van der Waals surface area contributed by atoms with Gasteiger partial charge in [0.25, 0.3) is 0 Å². The summed E-state index contributed by atoms with van der Waals surface area (Å²) in [6.07, 6.45) is 4.36. The van der Waals surface area contributed by atoms with Gasteiger partial charge >= 0.3 is 6.09 Å². The molecule has 1 aromatic rings. The molecule has 1 aromatic heterocycles. The molecular weight excluding hydrogens is 282 g/mol. The molecule has 0 aliphatic carbocycles. The molecule has 0 spiro atoms. The van der Waals surface area contributed by atoms with Crippen LogP contribution in [0.15, 0.2) is 18.3 Å². The van der Waals surface area contributed by atoms with Crippen LogP contribution in [0.1, 0.15) is 40.0 Å². The molecule has 1 atom stereocenters. The first-order chi connectivity index (χ1) is 10.4. The summed E-state index contributed by atoms with van der Waals surface area (Å²) < 4.78 is 5.26. The topological polar surface area (TPSA) is 74.7 Å². The van der Waals surface area contributed by atoms with Gasteiger partial charge in [-0.25, -0.2) is 9.78 Å². The van der Waals surface area contributed by atoms with Gasteiger partial charge in [0, 0.05) is 25.3 Å². The zero-order chi connectivity index (χ0) is 16.2. The van der Waals surface area contributed by atoms with Crippen LogP contribution in [0.4, 0.5) is 10.6 Å². The number of nitrogens with one attached hydrogen (secondary N) is 1. The third-order valence-corrected chi connectivity index (χ3v) is 3.55. The Bertz CT molecular complexity index is 514. The van der Waals surface area contributed by atoms with E-state index in [4.69, 9.17) is 4.74 Å². The smallest absolute Gasteiger partial charge is 0.407 e. The maximum atomic E-state index is 11.8. The van der Waals surface area contributed by atoms with Crippen molar-refractivity contribution in [3.8, 4) is 5.75 Å². The van der Waals surface area contributed by atoms with E-state index < -0.39 is 11.7 Å². The van der Waals surface area contributed by atoms with Gasteiger partial charge in [-0.3, -0.25) is 0 Å². The van der Waals surface area contributed by atoms with Crippen LogP contribution in [0.3, 0.4) is 0 Å². The van der Waals surface area contributed by atoms with E-state index in [0.29, 0.717) is 12.4 Å². The molecule has 1 saturated heterocycles. The highest BCUT2D eigenvalue weighted by atomic mass is 16.6. The van der Waals surface area contributed by atoms with Gasteiger partial charge in [0.15, 0.2) is 11.6 Å². The van der Waals surface area contributed by atoms with E-state index in [2.05, 4.69) is 15.2 Å². The highest BCUT2D eigenvalue weighted by Gasteiger charge is 2.26. The molecule has 1 unspecified atom stereocenters. The Morgan fingerprint density at radius 3 is 2.95 bits per heavy atom. The lowest BCUT2D eigenvalue weighted by Crippen LogP contribution is -2.48. The van der Waals surface area contributed by atoms with Crippen molar-refractivity contribution in [2.75, 3.05) is 18.0 Å². The maximum absolute atomic E-state index is 11.8. The molecular formula is C16H25N3O3. The summed E-state index contributed by atoms with van der Waals surface area (Å²) >= 11 is 0. The number of pyridine rings is 1. The number of aromatic nitrogens is 1. The van der Waals surface area contributed by atoms with E-state index in [1.807, 2.05) is 20.8 Å². The fourth-order valence-corrected chi connectivity index (χ4v) is 2.62. The second kappa shape index (κ2) is 6.85. The molecule has 2 heterocycles. The number of amides is 1. The molecule has 122 valence electrons. The molecule has 1 aliphatic heterocycles. The minimum Gasteiger partial charge on any atom is -0.504 e. The molecule has 0 radical (unpaired) electrons. The molecule has 1 fully saturated rings. The fourth-order valence-electron chi connectivity index (χ4n) is 2.62. The van der Waals surface area contributed by atoms with Gasteiger partial charge in [-0.15, -0.1) is 0 Å². The van der Waals surface area contributed by atoms with Crippen molar-refractivity contribution >= 4 is 11.9 Å². The second-order valence-electron chi connectivity index (χ2n) is 6.57. The highest BCUT2D eigenvalue weighted by molar-refractivity contribution is 5.67. The lowest BCUT2D eigenvalue weighted by Gasteiger charge is -2.37. The Morgan fingerprint density at radius 2 is 2.27 bits per heavy atom. The van der Waals surface area contributed by atoms with Crippen molar-refractivity contribution in [3.63, 3.8) is 0 Å². The number of anilines is 1. The number of rotatable bonds is 3. The fraction of sp³-hybridized carbons (Fsp3) is 0.625. The largest absolute Gasteiger partial charge is 0.504 e. The summed E-state index contributed by atoms with van der Waals surface area (Å²) in [4.78, 5) is 18.1. The number of carbonyl (C=O) groups is 1. The van der Waals surface area contributed by atoms with Crippen molar-refractivity contribution in [3.05, 3.63) is 18.3 Å². The van der Waals surface area contributed by atoms with Crippen LogP contribution in [0.25, 0.3) is 0 Å². The van der Waals surface area contributed by atoms with Crippen molar-refractivity contribution in [1.82, 2.24) is 10.3 Å². The number of piperidine rings is 1. The van der Waals surface area contributed by atoms with Crippen LogP contribution in [0, 0.1) is 0 Å². The van der Waals surface area contributed by atoms with Gasteiger partial charge in [-0.1, -0.05) is 0 Å². The molecule has 22 heavy (non-hydrogen) atoms. The Labute approximate surface area is 131 Å². The Balaban J connectivity index is 1.99. The predicted molar refractivity (Wildman–Crippen MR) is 85.1 cm³/mol. The van der Waals surface area contributed by atoms with Gasteiger partial charge in [-0.05, 0) is 52.2 Å². The summed E-state index contributed by atoms with van der Waals surface area (Å²) in [5.41, 5.74) is -0.504. The molecule has 2 N–H and O–H groups in total. The minimum atomic E-state index is -0.504. The standard InChI is InChI=1S/C16H25N3O3/c1-16(2,3)22-15(21)18-11-12-7-4-5-10-19(12)14-13(20)8-6-9-17-14/h6,8-9,12,20H,4-5,7,10-11H2,1-3H3,(H,18,21). The number of hydrogen-bond donors (Lipinski definition) is 2. The average Bonchev–Trinajstić information content (AvgIpc) is 2.44. The van der Waals surface area contributed by atoms with E-state index in [-0.39, 0.29) is 11.8 Å². The van der Waals surface area contributed by atoms with Gasteiger partial charge in [0.05, 0.1) is 0 Å². The van der Waals surface area contributed by atoms with E-state index in [1.165, 1.54) is 0 Å². The molecule has 0 saturated carbocycles. The molecule has 6 heteroatoms. The van der Waals surface area contributed by atoms with Crippen LogP contribution < -0.4 is 10.2 Å². The third kappa shape index (κ3) is 4.51. The summed E-state index contributed by atoms with van der Waals surface area (Å²) in [7, 11) is 0. The number of hydrogen-bond acceptors (Lipinski definition) is 5. The van der Waals surface area contributed by atoms with Gasteiger partial charge < -0.3 is 20.1 Å². The monoisotopic (exact) mass is 307 g/mol. The first-order valence-electron chi connectivity index (χ1n) is 7.74. The third-order valence-electron chi connectivity index (χ3n) is 3.55. The van der Waals surface area contributed by atoms with Crippen LogP contribution in [0.5, 0.6) is 5.75 Å². The second-order valence-corrected chi connectivity index (χ2v) is 6.57. The van der Waals surface area contributed by atoms with Crippen molar-refractivity contribution in [1.29, 1.82) is 0 Å². The first kappa shape index (κ1) is 16.4. The summed E-state index contributed by atoms with van der Waals surface area (Å²) in [5.74, 6) is 0.754. The molecule has 1 amide bonds. The number of nitrogens with zero attached hydrogens (tertiary/aromatic N) is 2. The lowest BCUT2D eigenvalue weighted by molar-refractivity contribution is 0.0523. The zero-order valence-corrected chi connectivity index (χ0v) is 13.5. The Kier molecular flexibility index (Phi) is 5.11. The SMILES string of the molecule is CC(C)(C)OC(=O)NCC1CCCCN1c1ncccc1O. The molecule has 1 aliphatic rings. The first-order valence-corrected chi connectivity index (χ1v) is 7.74. The number of carbonyl (C=O) groups excluding carboxylic acids is 1. The van der Waals surface area contributed by atoms with Gasteiger partial charge in [0.1, 0.15) is 5.60 Å². The van der Waals surface area contributed by atoms with E-state index in [0.717, 1.165) is 25.8 Å². The quantitative estimate of drug-likeness (QED) is 0.898. The average molecular weight is 307 g/mol. The van der Waals surface area contributed by atoms with Gasteiger partial charge in [-0.2, -0.15) is 0 Å². The number of aromatic hydroxyl groups is 1. The number of alkyl carbamates (subject to hydrolysis) is 1. The van der Waals surface area contributed by atoms with Gasteiger partial charge in [0.2, 0.25) is 0 Å². The summed E-state index contributed by atoms with van der Waals surface area (Å²) in [6.45, 7) is 6.82. The summed E-state index contributed by atoms with van der Waals surface area (Å²) in [6, 6.07) is 3.45. The lowest BCUT2D eigenvalue weighted by atomic mass is 10.0. The minimum absolute atomic E-state index is 0.113. The molecule has 0 bridgehead atoms. The molecule has 2 rings (SSSR count). The Morgan fingerprint density at radius 1 is 1.50 bits per heavy atom. The highest BCUT2D eigenvalue weighted by Crippen LogP contribution is 2.29. The van der Waals surface area contributed by atoms with Crippen LogP contribution in [0.2, 0.25) is 0 Å². The predicted octanol–water partition coefficient (Wildman–Crippen LogP) is 2.67. The number of ether oxygens (including phenoxy) is 1. The van der Waals surface area contributed by atoms with Crippen LogP contribution in [-0.2, 0) is 4.74 Å². The van der Waals surface area contributed by atoms with E-state index in [1.54, 1.807) is 18.3 Å². The van der Waals surface area contributed by atoms with Crippen LogP contribution in [-0.4, -0.2) is 40.9 Å².